The number of hydrogen-bond acceptors (Lipinski definition) is 4. The lowest BCUT2D eigenvalue weighted by molar-refractivity contribution is 0.163. The number of methoxy groups -OCH3 is 2. The summed E-state index contributed by atoms with van der Waals surface area (Å²) in [6, 6.07) is 6.60. The lowest BCUT2D eigenvalue weighted by atomic mass is 9.88. The van der Waals surface area contributed by atoms with E-state index in [1.165, 1.54) is 31.4 Å². The van der Waals surface area contributed by atoms with Crippen molar-refractivity contribution in [3.8, 4) is 11.5 Å². The van der Waals surface area contributed by atoms with E-state index in [1.807, 2.05) is 12.1 Å². The maximum Gasteiger partial charge on any atom is 0.123 e. The van der Waals surface area contributed by atoms with Crippen LogP contribution in [0.15, 0.2) is 18.2 Å². The van der Waals surface area contributed by atoms with Crippen molar-refractivity contribution in [2.24, 2.45) is 5.41 Å². The number of hydrogen-bond donors (Lipinski definition) is 1. The second kappa shape index (κ2) is 7.73. The van der Waals surface area contributed by atoms with Crippen molar-refractivity contribution in [2.45, 2.75) is 32.2 Å². The predicted molar refractivity (Wildman–Crippen MR) is 95.9 cm³/mol. The predicted octanol–water partition coefficient (Wildman–Crippen LogP) is 3.26. The summed E-state index contributed by atoms with van der Waals surface area (Å²) < 4.78 is 11.0. The van der Waals surface area contributed by atoms with Crippen molar-refractivity contribution in [2.75, 3.05) is 40.4 Å². The molecule has 3 rings (SSSR count). The first-order chi connectivity index (χ1) is 10.6. The molecule has 0 spiro atoms. The van der Waals surface area contributed by atoms with Crippen molar-refractivity contribution in [3.05, 3.63) is 23.8 Å². The van der Waals surface area contributed by atoms with Crippen LogP contribution < -0.4 is 14.8 Å². The molecule has 130 valence electrons. The van der Waals surface area contributed by atoms with Gasteiger partial charge in [0.15, 0.2) is 0 Å². The Hall–Kier alpha value is -0.970. The minimum Gasteiger partial charge on any atom is -0.497 e. The standard InChI is InChI=1S/C18H28N2O2.ClH/c1-18(8-9-19-12-18)13-20-10-4-5-16(20)15-11-14(21-2)6-7-17(15)22-3;/h6-7,11,16,19H,4-5,8-10,12-13H2,1-3H3;1H. The van der Waals surface area contributed by atoms with Gasteiger partial charge in [0.2, 0.25) is 0 Å². The first-order valence-electron chi connectivity index (χ1n) is 8.32. The molecule has 1 N–H and O–H groups in total. The van der Waals surface area contributed by atoms with Crippen LogP contribution >= 0.6 is 12.4 Å². The molecule has 2 aliphatic rings. The third-order valence-electron chi connectivity index (χ3n) is 5.20. The SMILES string of the molecule is COc1ccc(OC)c(C2CCCN2CC2(C)CCNC2)c1.Cl. The largest absolute Gasteiger partial charge is 0.497 e. The molecule has 0 bridgehead atoms. The maximum absolute atomic E-state index is 5.61. The lowest BCUT2D eigenvalue weighted by Gasteiger charge is -2.33. The average molecular weight is 341 g/mol. The van der Waals surface area contributed by atoms with Gasteiger partial charge in [-0.15, -0.1) is 12.4 Å². The van der Waals surface area contributed by atoms with Crippen molar-refractivity contribution >= 4 is 12.4 Å². The Balaban J connectivity index is 0.00000192. The molecule has 2 saturated heterocycles. The minimum atomic E-state index is 0. The van der Waals surface area contributed by atoms with Crippen LogP contribution in [0.5, 0.6) is 11.5 Å². The number of halogens is 1. The van der Waals surface area contributed by atoms with Crippen molar-refractivity contribution < 1.29 is 9.47 Å². The topological polar surface area (TPSA) is 33.7 Å². The number of nitrogens with zero attached hydrogens (tertiary/aromatic N) is 1. The van der Waals surface area contributed by atoms with Gasteiger partial charge in [-0.25, -0.2) is 0 Å². The van der Waals surface area contributed by atoms with E-state index in [0.29, 0.717) is 11.5 Å². The second-order valence-electron chi connectivity index (χ2n) is 6.97. The van der Waals surface area contributed by atoms with Crippen molar-refractivity contribution in [1.29, 1.82) is 0 Å². The van der Waals surface area contributed by atoms with E-state index in [2.05, 4.69) is 23.2 Å². The number of benzene rings is 1. The van der Waals surface area contributed by atoms with Gasteiger partial charge in [0.1, 0.15) is 11.5 Å². The maximum atomic E-state index is 5.61. The number of likely N-dealkylation sites (tertiary alicyclic amines) is 1. The molecular formula is C18H29ClN2O2. The van der Waals surface area contributed by atoms with Crippen molar-refractivity contribution in [1.82, 2.24) is 10.2 Å². The summed E-state index contributed by atoms with van der Waals surface area (Å²) in [4.78, 5) is 2.64. The molecule has 0 radical (unpaired) electrons. The number of rotatable bonds is 5. The lowest BCUT2D eigenvalue weighted by Crippen LogP contribution is -2.37. The van der Waals surface area contributed by atoms with Crippen molar-refractivity contribution in [3.63, 3.8) is 0 Å². The third kappa shape index (κ3) is 3.93. The third-order valence-corrected chi connectivity index (χ3v) is 5.20. The summed E-state index contributed by atoms with van der Waals surface area (Å²) in [5.41, 5.74) is 1.67. The van der Waals surface area contributed by atoms with Crippen LogP contribution in [-0.2, 0) is 0 Å². The molecule has 2 unspecified atom stereocenters. The first kappa shape index (κ1) is 18.4. The van der Waals surface area contributed by atoms with E-state index in [0.717, 1.165) is 31.1 Å². The van der Waals surface area contributed by atoms with E-state index in [9.17, 15) is 0 Å². The monoisotopic (exact) mass is 340 g/mol. The molecule has 0 aromatic heterocycles. The Morgan fingerprint density at radius 2 is 2.13 bits per heavy atom. The molecule has 23 heavy (non-hydrogen) atoms. The molecule has 2 aliphatic heterocycles. The quantitative estimate of drug-likeness (QED) is 0.892. The summed E-state index contributed by atoms with van der Waals surface area (Å²) in [6.45, 7) is 7.03. The number of ether oxygens (including phenoxy) is 2. The molecule has 2 heterocycles. The van der Waals surface area contributed by atoms with Crippen LogP contribution in [0.3, 0.4) is 0 Å². The highest BCUT2D eigenvalue weighted by molar-refractivity contribution is 5.85. The van der Waals surface area contributed by atoms with E-state index in [1.54, 1.807) is 14.2 Å². The van der Waals surface area contributed by atoms with Crippen LogP contribution in [0.1, 0.15) is 37.8 Å². The Kier molecular flexibility index (Phi) is 6.18. The molecule has 5 heteroatoms. The highest BCUT2D eigenvalue weighted by Gasteiger charge is 2.36. The molecule has 4 nitrogen and oxygen atoms in total. The van der Waals surface area contributed by atoms with Gasteiger partial charge in [-0.05, 0) is 56.0 Å². The molecule has 2 fully saturated rings. The molecule has 1 aromatic rings. The summed E-state index contributed by atoms with van der Waals surface area (Å²) in [7, 11) is 3.48. The van der Waals surface area contributed by atoms with Crippen LogP contribution in [0.2, 0.25) is 0 Å². The fraction of sp³-hybridized carbons (Fsp3) is 0.667. The van der Waals surface area contributed by atoms with Crippen LogP contribution in [0.25, 0.3) is 0 Å². The fourth-order valence-electron chi connectivity index (χ4n) is 3.96. The van der Waals surface area contributed by atoms with Gasteiger partial charge in [-0.3, -0.25) is 4.90 Å². The van der Waals surface area contributed by atoms with Gasteiger partial charge >= 0.3 is 0 Å². The Morgan fingerprint density at radius 1 is 1.30 bits per heavy atom. The van der Waals surface area contributed by atoms with Crippen LogP contribution in [0, 0.1) is 5.41 Å². The molecule has 2 atom stereocenters. The minimum absolute atomic E-state index is 0. The zero-order chi connectivity index (χ0) is 15.6. The summed E-state index contributed by atoms with van der Waals surface area (Å²) in [5, 5.41) is 3.51. The van der Waals surface area contributed by atoms with E-state index < -0.39 is 0 Å². The summed E-state index contributed by atoms with van der Waals surface area (Å²) in [6.07, 6.45) is 3.73. The Morgan fingerprint density at radius 3 is 2.78 bits per heavy atom. The molecular weight excluding hydrogens is 312 g/mol. The molecule has 0 amide bonds. The zero-order valence-corrected chi connectivity index (χ0v) is 15.2. The van der Waals surface area contributed by atoms with E-state index >= 15 is 0 Å². The molecule has 0 saturated carbocycles. The van der Waals surface area contributed by atoms with Gasteiger partial charge in [0.05, 0.1) is 14.2 Å². The Bertz CT molecular complexity index is 518. The first-order valence-corrected chi connectivity index (χ1v) is 8.32. The van der Waals surface area contributed by atoms with Gasteiger partial charge < -0.3 is 14.8 Å². The fourth-order valence-corrected chi connectivity index (χ4v) is 3.96. The van der Waals surface area contributed by atoms with E-state index in [-0.39, 0.29) is 12.4 Å². The average Bonchev–Trinajstić information content (AvgIpc) is 3.16. The van der Waals surface area contributed by atoms with Crippen LogP contribution in [0.4, 0.5) is 0 Å². The molecule has 1 aromatic carbocycles. The second-order valence-corrected chi connectivity index (χ2v) is 6.97. The highest BCUT2D eigenvalue weighted by Crippen LogP contribution is 2.41. The smallest absolute Gasteiger partial charge is 0.123 e. The van der Waals surface area contributed by atoms with Crippen LogP contribution in [-0.4, -0.2) is 45.3 Å². The van der Waals surface area contributed by atoms with Gasteiger partial charge in [-0.1, -0.05) is 6.92 Å². The molecule has 0 aliphatic carbocycles. The Labute approximate surface area is 145 Å². The number of nitrogens with one attached hydrogen (secondary N) is 1. The normalized spacial score (nSPS) is 27.7. The summed E-state index contributed by atoms with van der Waals surface area (Å²) in [5.74, 6) is 1.89. The highest BCUT2D eigenvalue weighted by atomic mass is 35.5. The van der Waals surface area contributed by atoms with Gasteiger partial charge in [0.25, 0.3) is 0 Å². The summed E-state index contributed by atoms with van der Waals surface area (Å²) >= 11 is 0. The van der Waals surface area contributed by atoms with Gasteiger partial charge in [0, 0.05) is 24.7 Å². The van der Waals surface area contributed by atoms with Gasteiger partial charge in [-0.2, -0.15) is 0 Å². The van der Waals surface area contributed by atoms with E-state index in [4.69, 9.17) is 9.47 Å². The zero-order valence-electron chi connectivity index (χ0n) is 14.4.